The van der Waals surface area contributed by atoms with Crippen molar-refractivity contribution in [2.24, 2.45) is 11.3 Å². The Morgan fingerprint density at radius 1 is 1.43 bits per heavy atom. The summed E-state index contributed by atoms with van der Waals surface area (Å²) in [4.78, 5) is 0. The monoisotopic (exact) mass is 196 g/mol. The molecule has 4 atom stereocenters. The second kappa shape index (κ2) is 3.35. The second-order valence-electron chi connectivity index (χ2n) is 5.16. The lowest BCUT2D eigenvalue weighted by molar-refractivity contribution is -0.00947. The van der Waals surface area contributed by atoms with E-state index in [1.807, 2.05) is 6.08 Å². The molecule has 2 rings (SSSR count). The lowest BCUT2D eigenvalue weighted by atomic mass is 9.60. The number of hydrogen-bond acceptors (Lipinski definition) is 2. The van der Waals surface area contributed by atoms with E-state index in [2.05, 4.69) is 13.8 Å². The highest BCUT2D eigenvalue weighted by atomic mass is 16.3. The van der Waals surface area contributed by atoms with Crippen molar-refractivity contribution in [2.75, 3.05) is 0 Å². The van der Waals surface area contributed by atoms with E-state index in [1.165, 1.54) is 18.4 Å². The number of rotatable bonds is 0. The van der Waals surface area contributed by atoms with Crippen molar-refractivity contribution in [3.8, 4) is 0 Å². The fraction of sp³-hybridized carbons (Fsp3) is 0.833. The number of fused-ring (bicyclic) bond motifs is 1. The molecule has 2 nitrogen and oxygen atoms in total. The van der Waals surface area contributed by atoms with Gasteiger partial charge >= 0.3 is 0 Å². The van der Waals surface area contributed by atoms with Crippen LogP contribution in [0.5, 0.6) is 0 Å². The van der Waals surface area contributed by atoms with Gasteiger partial charge in [-0.25, -0.2) is 0 Å². The zero-order chi connectivity index (χ0) is 10.3. The van der Waals surface area contributed by atoms with E-state index in [0.29, 0.717) is 5.92 Å². The smallest absolute Gasteiger partial charge is 0.0983 e. The second-order valence-corrected chi connectivity index (χ2v) is 5.16. The molecule has 0 aromatic carbocycles. The van der Waals surface area contributed by atoms with Crippen LogP contribution >= 0.6 is 0 Å². The van der Waals surface area contributed by atoms with Gasteiger partial charge in [-0.05, 0) is 37.0 Å². The maximum absolute atomic E-state index is 9.71. The Balaban J connectivity index is 2.32. The third kappa shape index (κ3) is 1.41. The molecule has 0 unspecified atom stereocenters. The van der Waals surface area contributed by atoms with Gasteiger partial charge in [0.25, 0.3) is 0 Å². The summed E-state index contributed by atoms with van der Waals surface area (Å²) in [6.07, 6.45) is 4.99. The summed E-state index contributed by atoms with van der Waals surface area (Å²) in [5, 5.41) is 19.3. The fourth-order valence-corrected chi connectivity index (χ4v) is 3.00. The first-order chi connectivity index (χ1) is 6.54. The van der Waals surface area contributed by atoms with E-state index in [9.17, 15) is 10.2 Å². The molecule has 0 spiro atoms. The fourth-order valence-electron chi connectivity index (χ4n) is 3.00. The van der Waals surface area contributed by atoms with E-state index >= 15 is 0 Å². The highest BCUT2D eigenvalue weighted by Crippen LogP contribution is 2.50. The van der Waals surface area contributed by atoms with Crippen LogP contribution in [-0.2, 0) is 0 Å². The summed E-state index contributed by atoms with van der Waals surface area (Å²) in [5.41, 5.74) is 1.51. The first kappa shape index (κ1) is 10.2. The van der Waals surface area contributed by atoms with Crippen LogP contribution in [0.1, 0.15) is 39.5 Å². The van der Waals surface area contributed by atoms with Gasteiger partial charge < -0.3 is 10.2 Å². The molecular weight excluding hydrogens is 176 g/mol. The predicted octanol–water partition coefficient (Wildman–Crippen LogP) is 1.86. The largest absolute Gasteiger partial charge is 0.390 e. The van der Waals surface area contributed by atoms with Gasteiger partial charge in [0, 0.05) is 0 Å². The van der Waals surface area contributed by atoms with Gasteiger partial charge in [0.1, 0.15) is 0 Å². The number of aliphatic hydroxyl groups is 2. The zero-order valence-corrected chi connectivity index (χ0v) is 9.03. The molecule has 2 heteroatoms. The molecule has 80 valence electrons. The van der Waals surface area contributed by atoms with Crippen molar-refractivity contribution >= 4 is 0 Å². The van der Waals surface area contributed by atoms with Crippen molar-refractivity contribution in [3.63, 3.8) is 0 Å². The van der Waals surface area contributed by atoms with Crippen LogP contribution in [0.4, 0.5) is 0 Å². The molecular formula is C12H20O2. The van der Waals surface area contributed by atoms with Gasteiger partial charge in [-0.2, -0.15) is 0 Å². The standard InChI is InChI=1S/C12H20O2/c1-8-4-3-5-9-6-10(13)11(14)7-12(8,9)2/h6,8,10-11,13-14H,3-5,7H2,1-2H3/t8-,10+,11+,12-/m0/s1. The Hall–Kier alpha value is -0.340. The lowest BCUT2D eigenvalue weighted by Crippen LogP contribution is -2.43. The zero-order valence-electron chi connectivity index (χ0n) is 9.03. The van der Waals surface area contributed by atoms with Crippen LogP contribution in [0.3, 0.4) is 0 Å². The van der Waals surface area contributed by atoms with Gasteiger partial charge in [0.15, 0.2) is 0 Å². The van der Waals surface area contributed by atoms with Crippen molar-refractivity contribution in [2.45, 2.75) is 51.7 Å². The normalized spacial score (nSPS) is 48.3. The maximum Gasteiger partial charge on any atom is 0.0983 e. The molecule has 1 saturated carbocycles. The first-order valence-corrected chi connectivity index (χ1v) is 5.61. The quantitative estimate of drug-likeness (QED) is 0.581. The van der Waals surface area contributed by atoms with Crippen LogP contribution in [0.25, 0.3) is 0 Å². The minimum Gasteiger partial charge on any atom is -0.390 e. The van der Waals surface area contributed by atoms with E-state index in [4.69, 9.17) is 0 Å². The van der Waals surface area contributed by atoms with Crippen LogP contribution in [0.15, 0.2) is 11.6 Å². The molecule has 2 aliphatic rings. The molecule has 0 saturated heterocycles. The molecule has 2 N–H and O–H groups in total. The number of allylic oxidation sites excluding steroid dienone is 1. The Labute approximate surface area is 85.6 Å². The topological polar surface area (TPSA) is 40.5 Å². The Kier molecular flexibility index (Phi) is 2.44. The molecule has 0 aliphatic heterocycles. The van der Waals surface area contributed by atoms with Crippen molar-refractivity contribution in [3.05, 3.63) is 11.6 Å². The molecule has 0 heterocycles. The Bertz CT molecular complexity index is 259. The van der Waals surface area contributed by atoms with Gasteiger partial charge in [0.2, 0.25) is 0 Å². The van der Waals surface area contributed by atoms with Gasteiger partial charge in [0.05, 0.1) is 12.2 Å². The molecule has 0 bridgehead atoms. The summed E-state index contributed by atoms with van der Waals surface area (Å²) in [6.45, 7) is 4.50. The van der Waals surface area contributed by atoms with E-state index < -0.39 is 12.2 Å². The van der Waals surface area contributed by atoms with Gasteiger partial charge in [-0.15, -0.1) is 0 Å². The van der Waals surface area contributed by atoms with E-state index in [0.717, 1.165) is 12.8 Å². The van der Waals surface area contributed by atoms with Gasteiger partial charge in [-0.1, -0.05) is 25.5 Å². The molecule has 0 amide bonds. The highest BCUT2D eigenvalue weighted by Gasteiger charge is 2.43. The van der Waals surface area contributed by atoms with Crippen molar-refractivity contribution in [1.29, 1.82) is 0 Å². The average Bonchev–Trinajstić information content (AvgIpc) is 2.11. The average molecular weight is 196 g/mol. The third-order valence-corrected chi connectivity index (χ3v) is 4.30. The Morgan fingerprint density at radius 3 is 2.86 bits per heavy atom. The maximum atomic E-state index is 9.71. The Morgan fingerprint density at radius 2 is 2.14 bits per heavy atom. The van der Waals surface area contributed by atoms with Crippen LogP contribution in [-0.4, -0.2) is 22.4 Å². The molecule has 0 radical (unpaired) electrons. The molecule has 2 aliphatic carbocycles. The number of hydrogen-bond donors (Lipinski definition) is 2. The van der Waals surface area contributed by atoms with E-state index in [1.54, 1.807) is 0 Å². The van der Waals surface area contributed by atoms with Crippen molar-refractivity contribution < 1.29 is 10.2 Å². The summed E-state index contributed by atoms with van der Waals surface area (Å²) in [7, 11) is 0. The highest BCUT2D eigenvalue weighted by molar-refractivity contribution is 5.23. The summed E-state index contributed by atoms with van der Waals surface area (Å²) < 4.78 is 0. The van der Waals surface area contributed by atoms with Crippen molar-refractivity contribution in [1.82, 2.24) is 0 Å². The molecule has 0 aromatic rings. The van der Waals surface area contributed by atoms with Crippen LogP contribution in [0.2, 0.25) is 0 Å². The predicted molar refractivity (Wildman–Crippen MR) is 55.8 cm³/mol. The minimum absolute atomic E-state index is 0.136. The number of aliphatic hydroxyl groups excluding tert-OH is 2. The van der Waals surface area contributed by atoms with Crippen LogP contribution < -0.4 is 0 Å². The SMILES string of the molecule is C[C@H]1CCCC2=C[C@@H](O)[C@H](O)C[C@]21C. The summed E-state index contributed by atoms with van der Waals surface area (Å²) >= 11 is 0. The molecule has 1 fully saturated rings. The molecule has 0 aromatic heterocycles. The van der Waals surface area contributed by atoms with E-state index in [-0.39, 0.29) is 5.41 Å². The first-order valence-electron chi connectivity index (χ1n) is 5.61. The minimum atomic E-state index is -0.636. The summed E-state index contributed by atoms with van der Waals surface area (Å²) in [6, 6.07) is 0. The van der Waals surface area contributed by atoms with Gasteiger partial charge in [-0.3, -0.25) is 0 Å². The van der Waals surface area contributed by atoms with Crippen LogP contribution in [0, 0.1) is 11.3 Å². The summed E-state index contributed by atoms with van der Waals surface area (Å²) in [5.74, 6) is 0.629. The lowest BCUT2D eigenvalue weighted by Gasteiger charge is -2.47. The third-order valence-electron chi connectivity index (χ3n) is 4.30. The molecule has 14 heavy (non-hydrogen) atoms.